The van der Waals surface area contributed by atoms with Crippen molar-refractivity contribution in [1.82, 2.24) is 5.32 Å². The second-order valence-corrected chi connectivity index (χ2v) is 11.4. The fourth-order valence-corrected chi connectivity index (χ4v) is 6.51. The highest BCUT2D eigenvalue weighted by Gasteiger charge is 2.42. The number of benzene rings is 3. The standard InChI is InChI=1S/C34H38F3NO3/c35-34(36,37)27-13-8-25(9-14-27)33(40)38-20-4-5-21-41-29-16-10-24(11-17-29)32-30(23-6-2-1-3-7-23)18-12-26-22-28(39)15-19-31(26)32/h1-3,6-7,10-11,15-17,19,22,25,27,30,32,39H,4-5,8-9,12-14,18,20-21H2,(H,38,40). The smallest absolute Gasteiger partial charge is 0.391 e. The lowest BCUT2D eigenvalue weighted by Gasteiger charge is -2.34. The van der Waals surface area contributed by atoms with Gasteiger partial charge in [0.05, 0.1) is 12.5 Å². The van der Waals surface area contributed by atoms with Gasteiger partial charge in [0.25, 0.3) is 0 Å². The number of hydrogen-bond donors (Lipinski definition) is 2. The van der Waals surface area contributed by atoms with E-state index in [9.17, 15) is 23.1 Å². The van der Waals surface area contributed by atoms with E-state index in [1.807, 2.05) is 24.3 Å². The van der Waals surface area contributed by atoms with E-state index in [1.165, 1.54) is 22.3 Å². The number of aromatic hydroxyl groups is 1. The van der Waals surface area contributed by atoms with E-state index in [4.69, 9.17) is 4.74 Å². The van der Waals surface area contributed by atoms with Gasteiger partial charge in [-0.1, -0.05) is 48.5 Å². The highest BCUT2D eigenvalue weighted by atomic mass is 19.4. The summed E-state index contributed by atoms with van der Waals surface area (Å²) in [6, 6.07) is 24.6. The number of rotatable bonds is 9. The number of alkyl halides is 3. The van der Waals surface area contributed by atoms with Crippen LogP contribution in [0.5, 0.6) is 11.5 Å². The highest BCUT2D eigenvalue weighted by molar-refractivity contribution is 5.78. The Morgan fingerprint density at radius 3 is 2.32 bits per heavy atom. The van der Waals surface area contributed by atoms with Crippen molar-refractivity contribution in [2.45, 2.75) is 69.4 Å². The quantitative estimate of drug-likeness (QED) is 0.259. The van der Waals surface area contributed by atoms with E-state index in [2.05, 4.69) is 47.8 Å². The van der Waals surface area contributed by atoms with Gasteiger partial charge >= 0.3 is 6.18 Å². The summed E-state index contributed by atoms with van der Waals surface area (Å²) in [6.07, 6.45) is -0.0271. The number of phenolic OH excluding ortho intramolecular Hbond substituents is 1. The summed E-state index contributed by atoms with van der Waals surface area (Å²) in [4.78, 5) is 12.3. The Bertz CT molecular complexity index is 1280. The van der Waals surface area contributed by atoms with Gasteiger partial charge in [0, 0.05) is 18.4 Å². The summed E-state index contributed by atoms with van der Waals surface area (Å²) in [6.45, 7) is 1.02. The molecule has 0 saturated heterocycles. The number of phenols is 1. The number of carbonyl (C=O) groups excluding carboxylic acids is 1. The maximum Gasteiger partial charge on any atom is 0.391 e. The molecule has 2 aliphatic rings. The molecule has 0 radical (unpaired) electrons. The topological polar surface area (TPSA) is 58.6 Å². The molecule has 3 aromatic rings. The molecule has 0 spiro atoms. The first-order valence-corrected chi connectivity index (χ1v) is 14.7. The van der Waals surface area contributed by atoms with Crippen LogP contribution in [0.25, 0.3) is 0 Å². The van der Waals surface area contributed by atoms with Gasteiger partial charge in [-0.05, 0) is 104 Å². The van der Waals surface area contributed by atoms with Gasteiger partial charge in [0.2, 0.25) is 5.91 Å². The second kappa shape index (κ2) is 13.0. The third-order valence-corrected chi connectivity index (χ3v) is 8.76. The molecule has 1 saturated carbocycles. The molecule has 0 bridgehead atoms. The monoisotopic (exact) mass is 565 g/mol. The number of amides is 1. The molecule has 2 aliphatic carbocycles. The number of unbranched alkanes of at least 4 members (excludes halogenated alkanes) is 1. The van der Waals surface area contributed by atoms with E-state index < -0.39 is 12.1 Å². The molecule has 0 heterocycles. The van der Waals surface area contributed by atoms with E-state index in [0.717, 1.165) is 31.4 Å². The van der Waals surface area contributed by atoms with Crippen molar-refractivity contribution in [3.63, 3.8) is 0 Å². The molecule has 41 heavy (non-hydrogen) atoms. The van der Waals surface area contributed by atoms with Crippen LogP contribution in [-0.4, -0.2) is 30.3 Å². The van der Waals surface area contributed by atoms with E-state index in [1.54, 1.807) is 6.07 Å². The molecule has 2 N–H and O–H groups in total. The van der Waals surface area contributed by atoms with E-state index in [-0.39, 0.29) is 30.6 Å². The van der Waals surface area contributed by atoms with Crippen molar-refractivity contribution in [3.05, 3.63) is 95.1 Å². The fraction of sp³-hybridized carbons (Fsp3) is 0.441. The maximum atomic E-state index is 12.8. The number of ether oxygens (including phenoxy) is 1. The van der Waals surface area contributed by atoms with Gasteiger partial charge in [-0.2, -0.15) is 13.2 Å². The summed E-state index contributed by atoms with van der Waals surface area (Å²) < 4.78 is 44.5. The average molecular weight is 566 g/mol. The number of halogens is 3. The Kier molecular flexibility index (Phi) is 9.21. The lowest BCUT2D eigenvalue weighted by Crippen LogP contribution is -2.36. The largest absolute Gasteiger partial charge is 0.508 e. The van der Waals surface area contributed by atoms with Crippen LogP contribution in [0, 0.1) is 11.8 Å². The molecule has 3 aromatic carbocycles. The Morgan fingerprint density at radius 1 is 0.878 bits per heavy atom. The molecule has 0 aliphatic heterocycles. The molecular weight excluding hydrogens is 527 g/mol. The minimum absolute atomic E-state index is 0.0397. The third kappa shape index (κ3) is 7.24. The van der Waals surface area contributed by atoms with Crippen LogP contribution in [0.2, 0.25) is 0 Å². The first-order valence-electron chi connectivity index (χ1n) is 14.7. The summed E-state index contributed by atoms with van der Waals surface area (Å²) >= 11 is 0. The van der Waals surface area contributed by atoms with Gasteiger partial charge in [-0.15, -0.1) is 0 Å². The zero-order chi connectivity index (χ0) is 28.8. The van der Waals surface area contributed by atoms with Crippen molar-refractivity contribution in [3.8, 4) is 11.5 Å². The van der Waals surface area contributed by atoms with Gasteiger partial charge < -0.3 is 15.2 Å². The Labute approximate surface area is 239 Å². The third-order valence-electron chi connectivity index (χ3n) is 8.76. The molecule has 1 fully saturated rings. The van der Waals surface area contributed by atoms with Crippen molar-refractivity contribution in [1.29, 1.82) is 0 Å². The SMILES string of the molecule is O=C(NCCCCOc1ccc(C2c3ccc(O)cc3CCC2c2ccccc2)cc1)C1CCC(C(F)(F)F)CC1. The maximum absolute atomic E-state index is 12.8. The molecule has 1 amide bonds. The molecule has 2 atom stereocenters. The molecule has 7 heteroatoms. The molecule has 218 valence electrons. The summed E-state index contributed by atoms with van der Waals surface area (Å²) in [7, 11) is 0. The van der Waals surface area contributed by atoms with Crippen LogP contribution in [0.3, 0.4) is 0 Å². The summed E-state index contributed by atoms with van der Waals surface area (Å²) in [5, 5.41) is 12.9. The molecular formula is C34H38F3NO3. The minimum Gasteiger partial charge on any atom is -0.508 e. The normalized spacial score (nSPS) is 22.5. The predicted molar refractivity (Wildman–Crippen MR) is 153 cm³/mol. The number of aryl methyl sites for hydroxylation is 1. The average Bonchev–Trinajstić information content (AvgIpc) is 2.98. The van der Waals surface area contributed by atoms with Crippen LogP contribution in [0.15, 0.2) is 72.8 Å². The number of fused-ring (bicyclic) bond motifs is 1. The van der Waals surface area contributed by atoms with Crippen LogP contribution in [0.1, 0.15) is 79.0 Å². The summed E-state index contributed by atoms with van der Waals surface area (Å²) in [5.41, 5.74) is 4.98. The number of carbonyl (C=O) groups is 1. The number of hydrogen-bond acceptors (Lipinski definition) is 3. The van der Waals surface area contributed by atoms with Crippen molar-refractivity contribution < 1.29 is 27.8 Å². The highest BCUT2D eigenvalue weighted by Crippen LogP contribution is 2.47. The minimum atomic E-state index is -4.15. The van der Waals surface area contributed by atoms with Crippen LogP contribution in [0.4, 0.5) is 13.2 Å². The second-order valence-electron chi connectivity index (χ2n) is 11.4. The van der Waals surface area contributed by atoms with E-state index in [0.29, 0.717) is 37.7 Å². The van der Waals surface area contributed by atoms with Crippen LogP contribution in [-0.2, 0) is 11.2 Å². The van der Waals surface area contributed by atoms with Gasteiger partial charge in [0.15, 0.2) is 0 Å². The molecule has 5 rings (SSSR count). The van der Waals surface area contributed by atoms with Crippen molar-refractivity contribution in [2.24, 2.45) is 11.8 Å². The summed E-state index contributed by atoms with van der Waals surface area (Å²) in [5.74, 6) is -0.0924. The molecule has 0 aromatic heterocycles. The first-order chi connectivity index (χ1) is 19.8. The molecule has 2 unspecified atom stereocenters. The fourth-order valence-electron chi connectivity index (χ4n) is 6.51. The zero-order valence-corrected chi connectivity index (χ0v) is 23.2. The Morgan fingerprint density at radius 2 is 1.61 bits per heavy atom. The zero-order valence-electron chi connectivity index (χ0n) is 23.2. The Hall–Kier alpha value is -3.48. The van der Waals surface area contributed by atoms with Crippen molar-refractivity contribution >= 4 is 5.91 Å². The van der Waals surface area contributed by atoms with Gasteiger partial charge in [0.1, 0.15) is 11.5 Å². The first kappa shape index (κ1) is 29.0. The van der Waals surface area contributed by atoms with Gasteiger partial charge in [-0.25, -0.2) is 0 Å². The lowest BCUT2D eigenvalue weighted by atomic mass is 9.69. The predicted octanol–water partition coefficient (Wildman–Crippen LogP) is 7.90. The van der Waals surface area contributed by atoms with E-state index >= 15 is 0 Å². The lowest BCUT2D eigenvalue weighted by molar-refractivity contribution is -0.184. The molecule has 4 nitrogen and oxygen atoms in total. The number of nitrogens with one attached hydrogen (secondary N) is 1. The van der Waals surface area contributed by atoms with Crippen LogP contribution >= 0.6 is 0 Å². The van der Waals surface area contributed by atoms with Crippen molar-refractivity contribution in [2.75, 3.05) is 13.2 Å². The van der Waals surface area contributed by atoms with Gasteiger partial charge in [-0.3, -0.25) is 4.79 Å². The van der Waals surface area contributed by atoms with Crippen LogP contribution < -0.4 is 10.1 Å². The Balaban J connectivity index is 1.10.